The first-order valence-corrected chi connectivity index (χ1v) is 22.0. The maximum atomic E-state index is 13.7. The van der Waals surface area contributed by atoms with Crippen LogP contribution >= 0.6 is 0 Å². The normalized spacial score (nSPS) is 16.2. The second-order valence-electron chi connectivity index (χ2n) is 16.9. The zero-order valence-electron chi connectivity index (χ0n) is 36.1. The van der Waals surface area contributed by atoms with Crippen LogP contribution in [0.1, 0.15) is 106 Å². The molecule has 6 N–H and O–H groups in total. The number of carbonyl (C=O) groups is 4. The van der Waals surface area contributed by atoms with E-state index in [-0.39, 0.29) is 30.0 Å². The monoisotopic (exact) mass is 863 g/mol. The Morgan fingerprint density at radius 2 is 1.84 bits per heavy atom. The molecule has 7 aromatic rings. The molecule has 1 atom stereocenters. The number of rotatable bonds is 15. The molecule has 64 heavy (non-hydrogen) atoms. The van der Waals surface area contributed by atoms with Crippen molar-refractivity contribution in [2.45, 2.75) is 97.7 Å². The fourth-order valence-electron chi connectivity index (χ4n) is 9.05. The van der Waals surface area contributed by atoms with E-state index in [0.717, 1.165) is 91.6 Å². The summed E-state index contributed by atoms with van der Waals surface area (Å²) in [7, 11) is 0. The largest absolute Gasteiger partial charge is 0.384 e. The molecule has 1 aliphatic carbocycles. The molecule has 0 bridgehead atoms. The number of aromatic amines is 2. The van der Waals surface area contributed by atoms with Gasteiger partial charge in [-0.15, -0.1) is 0 Å². The Labute approximate surface area is 367 Å². The van der Waals surface area contributed by atoms with Gasteiger partial charge in [0.15, 0.2) is 0 Å². The van der Waals surface area contributed by atoms with Crippen molar-refractivity contribution >= 4 is 62.9 Å². The average Bonchev–Trinajstić information content (AvgIpc) is 3.53. The van der Waals surface area contributed by atoms with Crippen LogP contribution in [0.5, 0.6) is 0 Å². The third-order valence-corrected chi connectivity index (χ3v) is 12.5. The first-order valence-electron chi connectivity index (χ1n) is 22.0. The zero-order chi connectivity index (χ0) is 44.2. The first kappa shape index (κ1) is 40.7. The Bertz CT molecular complexity index is 2990. The van der Waals surface area contributed by atoms with Crippen molar-refractivity contribution in [1.82, 2.24) is 55.4 Å². The van der Waals surface area contributed by atoms with Gasteiger partial charge in [0.2, 0.25) is 17.6 Å². The Kier molecular flexibility index (Phi) is 10.4. The number of hydrogen-bond donors (Lipinski definition) is 6. The van der Waals surface area contributed by atoms with Crippen LogP contribution in [-0.2, 0) is 35.5 Å². The molecule has 2 fully saturated rings. The molecule has 4 amide bonds. The maximum Gasteiger partial charge on any atom is 0.289 e. The van der Waals surface area contributed by atoms with Gasteiger partial charge in [0.25, 0.3) is 11.8 Å². The Morgan fingerprint density at radius 1 is 0.984 bits per heavy atom. The van der Waals surface area contributed by atoms with Crippen molar-refractivity contribution in [2.24, 2.45) is 0 Å². The number of carbonyl (C=O) groups excluding carboxylic acids is 4. The number of aromatic nitrogens is 8. The lowest BCUT2D eigenvalue weighted by Crippen LogP contribution is -2.52. The Morgan fingerprint density at radius 3 is 2.62 bits per heavy atom. The number of aryl methyl sites for hydroxylation is 5. The van der Waals surface area contributed by atoms with Gasteiger partial charge in [-0.1, -0.05) is 11.2 Å². The van der Waals surface area contributed by atoms with E-state index in [1.807, 2.05) is 36.9 Å². The molecule has 18 heteroatoms. The SMILES string of the molecule is CCn1nc(C2CC2)cc1Nc1nc(C(=O)NCCCc2cnc(CCNc3cccc4c3CN(C3CCC(=O)NC3=O)C4=O)[nH]2)nc2[nH]c3cc(-c4c(C)noc4C)c(C)cc3c12. The summed E-state index contributed by atoms with van der Waals surface area (Å²) in [5.74, 6) is 2.06. The summed E-state index contributed by atoms with van der Waals surface area (Å²) in [6.07, 6.45) is 6.53. The summed E-state index contributed by atoms with van der Waals surface area (Å²) in [5, 5.41) is 23.1. The summed E-state index contributed by atoms with van der Waals surface area (Å²) in [6.45, 7) is 9.89. The predicted molar refractivity (Wildman–Crippen MR) is 238 cm³/mol. The fourth-order valence-corrected chi connectivity index (χ4v) is 9.05. The topological polar surface area (TPSA) is 234 Å². The highest BCUT2D eigenvalue weighted by Gasteiger charge is 2.40. The highest BCUT2D eigenvalue weighted by molar-refractivity contribution is 6.13. The van der Waals surface area contributed by atoms with E-state index in [0.29, 0.717) is 74.8 Å². The van der Waals surface area contributed by atoms with Crippen molar-refractivity contribution in [2.75, 3.05) is 23.7 Å². The van der Waals surface area contributed by atoms with Crippen LogP contribution in [0, 0.1) is 20.8 Å². The molecule has 1 saturated carbocycles. The number of nitrogens with one attached hydrogen (secondary N) is 6. The highest BCUT2D eigenvalue weighted by atomic mass is 16.5. The third kappa shape index (κ3) is 7.62. The highest BCUT2D eigenvalue weighted by Crippen LogP contribution is 2.42. The van der Waals surface area contributed by atoms with Gasteiger partial charge in [-0.2, -0.15) is 5.10 Å². The van der Waals surface area contributed by atoms with Gasteiger partial charge >= 0.3 is 0 Å². The van der Waals surface area contributed by atoms with E-state index >= 15 is 0 Å². The van der Waals surface area contributed by atoms with Gasteiger partial charge in [-0.05, 0) is 95.2 Å². The zero-order valence-corrected chi connectivity index (χ0v) is 36.1. The summed E-state index contributed by atoms with van der Waals surface area (Å²) in [6, 6.07) is 11.1. The van der Waals surface area contributed by atoms with Crippen molar-refractivity contribution in [1.29, 1.82) is 0 Å². The number of amides is 4. The van der Waals surface area contributed by atoms with E-state index in [1.54, 1.807) is 11.0 Å². The number of fused-ring (bicyclic) bond motifs is 4. The smallest absolute Gasteiger partial charge is 0.289 e. The molecule has 328 valence electrons. The van der Waals surface area contributed by atoms with Gasteiger partial charge in [-0.3, -0.25) is 24.5 Å². The van der Waals surface area contributed by atoms with Gasteiger partial charge in [0, 0.05) is 96.2 Å². The number of nitrogens with zero attached hydrogens (tertiary/aromatic N) is 7. The summed E-state index contributed by atoms with van der Waals surface area (Å²) in [5.41, 5.74) is 9.43. The molecule has 5 aromatic heterocycles. The van der Waals surface area contributed by atoms with Crippen LogP contribution in [0.3, 0.4) is 0 Å². The lowest BCUT2D eigenvalue weighted by atomic mass is 9.97. The lowest BCUT2D eigenvalue weighted by molar-refractivity contribution is -0.136. The number of piperidine rings is 1. The Balaban J connectivity index is 0.797. The van der Waals surface area contributed by atoms with Crippen molar-refractivity contribution in [3.8, 4) is 11.1 Å². The number of benzene rings is 2. The summed E-state index contributed by atoms with van der Waals surface area (Å²) in [4.78, 5) is 73.8. The van der Waals surface area contributed by atoms with Gasteiger partial charge in [0.05, 0.1) is 16.8 Å². The van der Waals surface area contributed by atoms with Crippen LogP contribution in [0.25, 0.3) is 33.1 Å². The molecule has 2 aromatic carbocycles. The molecule has 3 aliphatic rings. The minimum absolute atomic E-state index is 0.0441. The first-order chi connectivity index (χ1) is 31.0. The van der Waals surface area contributed by atoms with Crippen LogP contribution in [0.4, 0.5) is 17.3 Å². The number of anilines is 3. The molecule has 2 aliphatic heterocycles. The average molecular weight is 864 g/mol. The molecule has 0 radical (unpaired) electrons. The van der Waals surface area contributed by atoms with Gasteiger partial charge in [-0.25, -0.2) is 19.6 Å². The van der Waals surface area contributed by atoms with Crippen LogP contribution in [-0.4, -0.2) is 87.5 Å². The fraction of sp³-hybridized carbons (Fsp3) is 0.370. The van der Waals surface area contributed by atoms with Crippen LogP contribution in [0.15, 0.2) is 47.1 Å². The maximum absolute atomic E-state index is 13.7. The standard InChI is InChI=1S/C46H49N13O5/c1-5-59-37(20-33(56-59)26-11-12-26)52-42-40-30-18-23(2)29(39-24(3)57-64-25(39)4)19-34(30)51-41(40)54-43(55-42)45(62)48-16-7-8-27-21-49-36(50-27)15-17-47-32-10-6-9-28-31(32)22-58(46(28)63)35-13-14-38(60)53-44(35)61/h6,9-10,18-21,26,35,47H,5,7-8,11-17,22H2,1-4H3,(H,48,62)(H,49,50)(H,53,60,61)(H2,51,52,54,55). The molecule has 7 heterocycles. The molecule has 0 spiro atoms. The van der Waals surface area contributed by atoms with Crippen LogP contribution < -0.4 is 21.3 Å². The minimum atomic E-state index is -0.665. The van der Waals surface area contributed by atoms with Crippen molar-refractivity contribution in [3.63, 3.8) is 0 Å². The molecular weight excluding hydrogens is 815 g/mol. The Hall–Kier alpha value is -7.37. The molecule has 1 unspecified atom stereocenters. The molecule has 10 rings (SSSR count). The quantitative estimate of drug-likeness (QED) is 0.0512. The third-order valence-electron chi connectivity index (χ3n) is 12.5. The summed E-state index contributed by atoms with van der Waals surface area (Å²) < 4.78 is 7.44. The second-order valence-corrected chi connectivity index (χ2v) is 16.9. The molecular formula is C46H49N13O5. The summed E-state index contributed by atoms with van der Waals surface area (Å²) >= 11 is 0. The van der Waals surface area contributed by atoms with E-state index in [4.69, 9.17) is 19.6 Å². The van der Waals surface area contributed by atoms with Gasteiger partial charge < -0.3 is 35.3 Å². The minimum Gasteiger partial charge on any atom is -0.384 e. The number of hydrogen-bond acceptors (Lipinski definition) is 12. The predicted octanol–water partition coefficient (Wildman–Crippen LogP) is 6.03. The van der Waals surface area contributed by atoms with Crippen molar-refractivity contribution < 1.29 is 23.7 Å². The van der Waals surface area contributed by atoms with Gasteiger partial charge in [0.1, 0.15) is 34.9 Å². The number of imidazole rings is 1. The van der Waals surface area contributed by atoms with E-state index in [1.165, 1.54) is 0 Å². The number of H-pyrrole nitrogens is 2. The number of imide groups is 1. The van der Waals surface area contributed by atoms with E-state index in [2.05, 4.69) is 73.4 Å². The van der Waals surface area contributed by atoms with Crippen LogP contribution in [0.2, 0.25) is 0 Å². The van der Waals surface area contributed by atoms with E-state index < -0.39 is 11.9 Å². The lowest BCUT2D eigenvalue weighted by Gasteiger charge is -2.29. The van der Waals surface area contributed by atoms with Crippen molar-refractivity contribution in [3.05, 3.63) is 93.8 Å². The molecule has 18 nitrogen and oxygen atoms in total. The second kappa shape index (κ2) is 16.4. The van der Waals surface area contributed by atoms with E-state index in [9.17, 15) is 19.2 Å². The molecule has 1 saturated heterocycles.